The van der Waals surface area contributed by atoms with Crippen molar-refractivity contribution < 1.29 is 0 Å². The van der Waals surface area contributed by atoms with Crippen LogP contribution in [0.1, 0.15) is 46.1 Å². The van der Waals surface area contributed by atoms with Crippen LogP contribution >= 0.6 is 11.3 Å². The van der Waals surface area contributed by atoms with Gasteiger partial charge in [0.1, 0.15) is 0 Å². The summed E-state index contributed by atoms with van der Waals surface area (Å²) in [6.45, 7) is 9.51. The minimum Gasteiger partial charge on any atom is -0.310 e. The van der Waals surface area contributed by atoms with Gasteiger partial charge in [-0.2, -0.15) is 0 Å². The number of thiazole rings is 1. The van der Waals surface area contributed by atoms with Crippen LogP contribution < -0.4 is 5.32 Å². The molecule has 2 heterocycles. The Bertz CT molecular complexity index is 543. The van der Waals surface area contributed by atoms with Crippen molar-refractivity contribution in [2.45, 2.75) is 46.6 Å². The Hall–Kier alpha value is -1.26. The highest BCUT2D eigenvalue weighted by molar-refractivity contribution is 7.11. The molecule has 3 nitrogen and oxygen atoms in total. The van der Waals surface area contributed by atoms with Crippen molar-refractivity contribution in [1.82, 2.24) is 15.3 Å². The number of hydrogen-bond donors (Lipinski definition) is 1. The average Bonchev–Trinajstić information content (AvgIpc) is 2.73. The number of hydrogen-bond acceptors (Lipinski definition) is 4. The van der Waals surface area contributed by atoms with Gasteiger partial charge in [-0.05, 0) is 44.9 Å². The SMILES string of the molecule is CCCNC(Cc1nc(C)c(C)s1)c1cncc(C)c1. The molecular formula is C16H23N3S. The third kappa shape index (κ3) is 3.87. The van der Waals surface area contributed by atoms with Gasteiger partial charge in [0, 0.05) is 29.7 Å². The van der Waals surface area contributed by atoms with Gasteiger partial charge in [-0.1, -0.05) is 13.0 Å². The fourth-order valence-corrected chi connectivity index (χ4v) is 3.18. The Balaban J connectivity index is 2.18. The molecule has 0 aromatic carbocycles. The zero-order chi connectivity index (χ0) is 14.5. The maximum atomic E-state index is 4.66. The lowest BCUT2D eigenvalue weighted by Crippen LogP contribution is -2.24. The van der Waals surface area contributed by atoms with Crippen molar-refractivity contribution >= 4 is 11.3 Å². The lowest BCUT2D eigenvalue weighted by Gasteiger charge is -2.18. The van der Waals surface area contributed by atoms with E-state index in [-0.39, 0.29) is 0 Å². The number of aryl methyl sites for hydroxylation is 3. The fourth-order valence-electron chi connectivity index (χ4n) is 2.20. The van der Waals surface area contributed by atoms with Crippen LogP contribution in [0, 0.1) is 20.8 Å². The van der Waals surface area contributed by atoms with Crippen molar-refractivity contribution in [1.29, 1.82) is 0 Å². The summed E-state index contributed by atoms with van der Waals surface area (Å²) in [5.74, 6) is 0. The van der Waals surface area contributed by atoms with Gasteiger partial charge in [0.05, 0.1) is 10.7 Å². The second-order valence-corrected chi connectivity index (χ2v) is 6.54. The number of pyridine rings is 1. The van der Waals surface area contributed by atoms with E-state index in [1.807, 2.05) is 12.4 Å². The number of aromatic nitrogens is 2. The van der Waals surface area contributed by atoms with Gasteiger partial charge in [-0.25, -0.2) is 4.98 Å². The lowest BCUT2D eigenvalue weighted by molar-refractivity contribution is 0.526. The number of rotatable bonds is 6. The minimum atomic E-state index is 0.298. The summed E-state index contributed by atoms with van der Waals surface area (Å²) in [7, 11) is 0. The van der Waals surface area contributed by atoms with Crippen molar-refractivity contribution in [2.24, 2.45) is 0 Å². The molecule has 0 aliphatic rings. The van der Waals surface area contributed by atoms with E-state index in [4.69, 9.17) is 0 Å². The van der Waals surface area contributed by atoms with Gasteiger partial charge in [0.25, 0.3) is 0 Å². The molecule has 2 rings (SSSR count). The predicted molar refractivity (Wildman–Crippen MR) is 85.3 cm³/mol. The molecule has 1 N–H and O–H groups in total. The quantitative estimate of drug-likeness (QED) is 0.880. The van der Waals surface area contributed by atoms with Crippen LogP contribution in [0.15, 0.2) is 18.5 Å². The van der Waals surface area contributed by atoms with Crippen molar-refractivity contribution in [3.63, 3.8) is 0 Å². The highest BCUT2D eigenvalue weighted by Gasteiger charge is 2.15. The summed E-state index contributed by atoms with van der Waals surface area (Å²) < 4.78 is 0. The zero-order valence-corrected chi connectivity index (χ0v) is 13.5. The van der Waals surface area contributed by atoms with Crippen LogP contribution in [0.2, 0.25) is 0 Å². The average molecular weight is 289 g/mol. The molecule has 0 spiro atoms. The van der Waals surface area contributed by atoms with Crippen LogP contribution in [0.25, 0.3) is 0 Å². The molecular weight excluding hydrogens is 266 g/mol. The van der Waals surface area contributed by atoms with Gasteiger partial charge < -0.3 is 5.32 Å². The summed E-state index contributed by atoms with van der Waals surface area (Å²) in [6, 6.07) is 2.51. The maximum absolute atomic E-state index is 4.66. The topological polar surface area (TPSA) is 37.8 Å². The fraction of sp³-hybridized carbons (Fsp3) is 0.500. The Kier molecular flexibility index (Phi) is 5.26. The van der Waals surface area contributed by atoms with Gasteiger partial charge in [0.2, 0.25) is 0 Å². The monoisotopic (exact) mass is 289 g/mol. The Morgan fingerprint density at radius 3 is 2.65 bits per heavy atom. The van der Waals surface area contributed by atoms with Gasteiger partial charge in [-0.3, -0.25) is 4.98 Å². The van der Waals surface area contributed by atoms with Crippen LogP contribution in [-0.2, 0) is 6.42 Å². The van der Waals surface area contributed by atoms with Gasteiger partial charge in [0.15, 0.2) is 0 Å². The van der Waals surface area contributed by atoms with Crippen molar-refractivity contribution in [2.75, 3.05) is 6.54 Å². The summed E-state index contributed by atoms with van der Waals surface area (Å²) in [5.41, 5.74) is 3.61. The minimum absolute atomic E-state index is 0.298. The molecule has 2 aromatic heterocycles. The van der Waals surface area contributed by atoms with Crippen LogP contribution in [-0.4, -0.2) is 16.5 Å². The Morgan fingerprint density at radius 1 is 1.25 bits per heavy atom. The molecule has 0 saturated carbocycles. The standard InChI is InChI=1S/C16H23N3S/c1-5-6-18-15(14-7-11(2)9-17-10-14)8-16-19-12(3)13(4)20-16/h7,9-10,15,18H,5-6,8H2,1-4H3. The Morgan fingerprint density at radius 2 is 2.05 bits per heavy atom. The number of nitrogens with zero attached hydrogens (tertiary/aromatic N) is 2. The molecule has 0 radical (unpaired) electrons. The number of nitrogens with one attached hydrogen (secondary N) is 1. The van der Waals surface area contributed by atoms with Crippen LogP contribution in [0.5, 0.6) is 0 Å². The van der Waals surface area contributed by atoms with Gasteiger partial charge in [-0.15, -0.1) is 11.3 Å². The maximum Gasteiger partial charge on any atom is 0.0949 e. The molecule has 2 aromatic rings. The molecule has 108 valence electrons. The first-order chi connectivity index (χ1) is 9.60. The molecule has 20 heavy (non-hydrogen) atoms. The van der Waals surface area contributed by atoms with Gasteiger partial charge >= 0.3 is 0 Å². The normalized spacial score (nSPS) is 12.6. The summed E-state index contributed by atoms with van der Waals surface area (Å²) in [5, 5.41) is 4.82. The van der Waals surface area contributed by atoms with E-state index < -0.39 is 0 Å². The Labute approximate surface area is 125 Å². The summed E-state index contributed by atoms with van der Waals surface area (Å²) in [4.78, 5) is 10.3. The summed E-state index contributed by atoms with van der Waals surface area (Å²) >= 11 is 1.80. The molecule has 0 fully saturated rings. The largest absolute Gasteiger partial charge is 0.310 e. The molecule has 0 bridgehead atoms. The second kappa shape index (κ2) is 6.95. The molecule has 1 atom stereocenters. The zero-order valence-electron chi connectivity index (χ0n) is 12.7. The highest BCUT2D eigenvalue weighted by Crippen LogP contribution is 2.23. The van der Waals surface area contributed by atoms with E-state index in [2.05, 4.69) is 49.0 Å². The molecule has 0 saturated heterocycles. The lowest BCUT2D eigenvalue weighted by atomic mass is 10.0. The first-order valence-electron chi connectivity index (χ1n) is 7.18. The molecule has 1 unspecified atom stereocenters. The van der Waals surface area contributed by atoms with E-state index in [0.717, 1.165) is 25.1 Å². The first-order valence-corrected chi connectivity index (χ1v) is 7.99. The van der Waals surface area contributed by atoms with Crippen LogP contribution in [0.4, 0.5) is 0 Å². The van der Waals surface area contributed by atoms with E-state index >= 15 is 0 Å². The van der Waals surface area contributed by atoms with E-state index in [9.17, 15) is 0 Å². The van der Waals surface area contributed by atoms with E-state index in [1.165, 1.54) is 21.0 Å². The van der Waals surface area contributed by atoms with E-state index in [0.29, 0.717) is 6.04 Å². The van der Waals surface area contributed by atoms with Crippen molar-refractivity contribution in [3.8, 4) is 0 Å². The van der Waals surface area contributed by atoms with Crippen LogP contribution in [0.3, 0.4) is 0 Å². The third-order valence-corrected chi connectivity index (χ3v) is 4.49. The molecule has 0 aliphatic carbocycles. The van der Waals surface area contributed by atoms with E-state index in [1.54, 1.807) is 11.3 Å². The predicted octanol–water partition coefficient (Wildman–Crippen LogP) is 3.75. The summed E-state index contributed by atoms with van der Waals surface area (Å²) in [6.07, 6.45) is 5.93. The smallest absolute Gasteiger partial charge is 0.0949 e. The molecule has 4 heteroatoms. The third-order valence-electron chi connectivity index (χ3n) is 3.39. The highest BCUT2D eigenvalue weighted by atomic mass is 32.1. The molecule has 0 amide bonds. The first kappa shape index (κ1) is 15.1. The van der Waals surface area contributed by atoms with Crippen molar-refractivity contribution in [3.05, 3.63) is 45.2 Å². The molecule has 0 aliphatic heterocycles. The second-order valence-electron chi connectivity index (χ2n) is 5.26.